The molecule has 0 saturated carbocycles. The van der Waals surface area contributed by atoms with Gasteiger partial charge in [0.15, 0.2) is 0 Å². The minimum atomic E-state index is 0.0204. The Morgan fingerprint density at radius 2 is 2.20 bits per heavy atom. The van der Waals surface area contributed by atoms with E-state index in [0.717, 1.165) is 32.7 Å². The van der Waals surface area contributed by atoms with Crippen LogP contribution in [0.15, 0.2) is 17.0 Å². The molecular formula is C10H15N3O2. The van der Waals surface area contributed by atoms with Crippen LogP contribution in [0.2, 0.25) is 0 Å². The smallest absolute Gasteiger partial charge is 0.258 e. The molecule has 0 bridgehead atoms. The van der Waals surface area contributed by atoms with Crippen molar-refractivity contribution in [1.29, 1.82) is 0 Å². The van der Waals surface area contributed by atoms with Crippen molar-refractivity contribution in [2.24, 2.45) is 0 Å². The highest BCUT2D eigenvalue weighted by Crippen LogP contribution is 2.07. The molecule has 2 rings (SSSR count). The van der Waals surface area contributed by atoms with Gasteiger partial charge in [0.2, 0.25) is 0 Å². The molecular weight excluding hydrogens is 194 g/mol. The normalized spacial score (nSPS) is 18.1. The number of nitrogens with zero attached hydrogens (tertiary/aromatic N) is 3. The number of rotatable bonds is 2. The number of amides is 1. The molecule has 5 heteroatoms. The van der Waals surface area contributed by atoms with Crippen molar-refractivity contribution in [3.63, 3.8) is 0 Å². The molecule has 0 atom stereocenters. The lowest BCUT2D eigenvalue weighted by Crippen LogP contribution is -2.48. The standard InChI is InChI=1S/C10H15N3O2/c1-2-12-3-5-13(6-4-12)10(14)9-7-11-15-8-9/h7-8H,2-6H2,1H3. The SMILES string of the molecule is CCN1CCN(C(=O)c2cnoc2)CC1. The van der Waals surface area contributed by atoms with Crippen molar-refractivity contribution in [2.45, 2.75) is 6.92 Å². The Balaban J connectivity index is 1.93. The van der Waals surface area contributed by atoms with Crippen LogP contribution in [0.4, 0.5) is 0 Å². The molecule has 0 radical (unpaired) electrons. The second kappa shape index (κ2) is 4.44. The molecule has 2 heterocycles. The van der Waals surface area contributed by atoms with Crippen LogP contribution in [0.25, 0.3) is 0 Å². The summed E-state index contributed by atoms with van der Waals surface area (Å²) in [6, 6.07) is 0. The number of hydrogen-bond donors (Lipinski definition) is 0. The van der Waals surface area contributed by atoms with Crippen LogP contribution < -0.4 is 0 Å². The van der Waals surface area contributed by atoms with Gasteiger partial charge in [-0.15, -0.1) is 0 Å². The number of piperazine rings is 1. The summed E-state index contributed by atoms with van der Waals surface area (Å²) in [7, 11) is 0. The van der Waals surface area contributed by atoms with E-state index in [4.69, 9.17) is 0 Å². The molecule has 1 aromatic rings. The number of hydrogen-bond acceptors (Lipinski definition) is 4. The van der Waals surface area contributed by atoms with Crippen molar-refractivity contribution in [1.82, 2.24) is 15.0 Å². The van der Waals surface area contributed by atoms with Gasteiger partial charge in [0.05, 0.1) is 11.8 Å². The first kappa shape index (κ1) is 10.2. The van der Waals surface area contributed by atoms with Crippen molar-refractivity contribution in [3.05, 3.63) is 18.0 Å². The highest BCUT2D eigenvalue weighted by Gasteiger charge is 2.21. The van der Waals surface area contributed by atoms with E-state index in [1.54, 1.807) is 0 Å². The fourth-order valence-corrected chi connectivity index (χ4v) is 1.76. The Morgan fingerprint density at radius 1 is 1.47 bits per heavy atom. The molecule has 5 nitrogen and oxygen atoms in total. The van der Waals surface area contributed by atoms with Gasteiger partial charge in [0.1, 0.15) is 6.26 Å². The molecule has 0 spiro atoms. The maximum atomic E-state index is 11.9. The van der Waals surface area contributed by atoms with E-state index < -0.39 is 0 Å². The summed E-state index contributed by atoms with van der Waals surface area (Å²) in [6.07, 6.45) is 2.86. The van der Waals surface area contributed by atoms with Crippen molar-refractivity contribution in [2.75, 3.05) is 32.7 Å². The van der Waals surface area contributed by atoms with Gasteiger partial charge in [-0.25, -0.2) is 0 Å². The summed E-state index contributed by atoms with van der Waals surface area (Å²) in [5.74, 6) is 0.0204. The molecule has 15 heavy (non-hydrogen) atoms. The summed E-state index contributed by atoms with van der Waals surface area (Å²) in [5.41, 5.74) is 0.542. The van der Waals surface area contributed by atoms with Crippen LogP contribution in [0.3, 0.4) is 0 Å². The van der Waals surface area contributed by atoms with E-state index >= 15 is 0 Å². The van der Waals surface area contributed by atoms with E-state index in [1.807, 2.05) is 4.90 Å². The van der Waals surface area contributed by atoms with Gasteiger partial charge >= 0.3 is 0 Å². The predicted octanol–water partition coefficient (Wildman–Crippen LogP) is 0.452. The Hall–Kier alpha value is -1.36. The molecule has 1 fully saturated rings. The molecule has 0 aliphatic carbocycles. The number of likely N-dealkylation sites (N-methyl/N-ethyl adjacent to an activating group) is 1. The zero-order chi connectivity index (χ0) is 10.7. The molecule has 82 valence electrons. The first-order chi connectivity index (χ1) is 7.31. The Morgan fingerprint density at radius 3 is 2.73 bits per heavy atom. The fourth-order valence-electron chi connectivity index (χ4n) is 1.76. The van der Waals surface area contributed by atoms with Gasteiger partial charge in [-0.2, -0.15) is 0 Å². The quantitative estimate of drug-likeness (QED) is 0.709. The molecule has 1 aliphatic heterocycles. The lowest BCUT2D eigenvalue weighted by Gasteiger charge is -2.33. The van der Waals surface area contributed by atoms with Crippen LogP contribution >= 0.6 is 0 Å². The number of carbonyl (C=O) groups is 1. The maximum absolute atomic E-state index is 11.9. The molecule has 0 aromatic carbocycles. The summed E-state index contributed by atoms with van der Waals surface area (Å²) in [6.45, 7) is 6.67. The Kier molecular flexibility index (Phi) is 3.01. The van der Waals surface area contributed by atoms with Gasteiger partial charge in [-0.05, 0) is 6.54 Å². The van der Waals surface area contributed by atoms with Crippen LogP contribution in [-0.4, -0.2) is 53.6 Å². The van der Waals surface area contributed by atoms with E-state index in [9.17, 15) is 4.79 Å². The second-order valence-corrected chi connectivity index (χ2v) is 3.64. The Labute approximate surface area is 88.6 Å². The minimum absolute atomic E-state index is 0.0204. The zero-order valence-electron chi connectivity index (χ0n) is 8.85. The third-order valence-corrected chi connectivity index (χ3v) is 2.79. The molecule has 1 aromatic heterocycles. The van der Waals surface area contributed by atoms with Gasteiger partial charge in [-0.3, -0.25) is 4.79 Å². The largest absolute Gasteiger partial charge is 0.364 e. The Bertz CT molecular complexity index is 315. The van der Waals surface area contributed by atoms with Gasteiger partial charge in [0, 0.05) is 26.2 Å². The molecule has 1 amide bonds. The van der Waals surface area contributed by atoms with Crippen LogP contribution in [0.5, 0.6) is 0 Å². The average Bonchev–Trinajstić information content (AvgIpc) is 2.82. The second-order valence-electron chi connectivity index (χ2n) is 3.64. The van der Waals surface area contributed by atoms with Crippen molar-refractivity contribution in [3.8, 4) is 0 Å². The fraction of sp³-hybridized carbons (Fsp3) is 0.600. The molecule has 0 N–H and O–H groups in total. The van der Waals surface area contributed by atoms with E-state index in [-0.39, 0.29) is 5.91 Å². The van der Waals surface area contributed by atoms with E-state index in [1.165, 1.54) is 12.5 Å². The maximum Gasteiger partial charge on any atom is 0.258 e. The lowest BCUT2D eigenvalue weighted by atomic mass is 10.2. The highest BCUT2D eigenvalue weighted by atomic mass is 16.5. The van der Waals surface area contributed by atoms with E-state index in [2.05, 4.69) is 21.5 Å². The van der Waals surface area contributed by atoms with Crippen molar-refractivity contribution < 1.29 is 9.32 Å². The molecule has 1 saturated heterocycles. The lowest BCUT2D eigenvalue weighted by molar-refractivity contribution is 0.0642. The first-order valence-electron chi connectivity index (χ1n) is 5.22. The number of carbonyl (C=O) groups excluding carboxylic acids is 1. The monoisotopic (exact) mass is 209 g/mol. The summed E-state index contributed by atoms with van der Waals surface area (Å²) in [5, 5.41) is 3.54. The van der Waals surface area contributed by atoms with E-state index in [0.29, 0.717) is 5.56 Å². The average molecular weight is 209 g/mol. The summed E-state index contributed by atoms with van der Waals surface area (Å²) >= 11 is 0. The van der Waals surface area contributed by atoms with Gasteiger partial charge < -0.3 is 14.3 Å². The molecule has 0 unspecified atom stereocenters. The van der Waals surface area contributed by atoms with Crippen LogP contribution in [-0.2, 0) is 0 Å². The summed E-state index contributed by atoms with van der Waals surface area (Å²) < 4.78 is 4.66. The van der Waals surface area contributed by atoms with Crippen molar-refractivity contribution >= 4 is 5.91 Å². The van der Waals surface area contributed by atoms with Crippen LogP contribution in [0.1, 0.15) is 17.3 Å². The van der Waals surface area contributed by atoms with Gasteiger partial charge in [-0.1, -0.05) is 12.1 Å². The molecule has 1 aliphatic rings. The first-order valence-corrected chi connectivity index (χ1v) is 5.22. The van der Waals surface area contributed by atoms with Crippen LogP contribution in [0, 0.1) is 0 Å². The topological polar surface area (TPSA) is 49.6 Å². The predicted molar refractivity (Wildman–Crippen MR) is 54.5 cm³/mol. The minimum Gasteiger partial charge on any atom is -0.364 e. The number of aromatic nitrogens is 1. The third-order valence-electron chi connectivity index (χ3n) is 2.79. The zero-order valence-corrected chi connectivity index (χ0v) is 8.85. The third kappa shape index (κ3) is 2.18. The summed E-state index contributed by atoms with van der Waals surface area (Å²) in [4.78, 5) is 16.0. The highest BCUT2D eigenvalue weighted by molar-refractivity contribution is 5.93. The van der Waals surface area contributed by atoms with Gasteiger partial charge in [0.25, 0.3) is 5.91 Å².